The molecule has 0 radical (unpaired) electrons. The lowest BCUT2D eigenvalue weighted by Crippen LogP contribution is -2.68. The topological polar surface area (TPSA) is 371 Å². The fraction of sp³-hybridized carbons (Fsp3) is 0.761. The molecule has 4 aliphatic heterocycles. The fourth-order valence-corrected chi connectivity index (χ4v) is 16.5. The standard InChI is InChI=1S/C67H92O30/c1-29-23-52(94-61(79)30(29)2)67(16,97-41(13)78)50-20-19-45-44-18-17-42-24-43(25-51(84-34(6)71)66(42,15)46(44)21-22-65(45,50)14)91-63-60(90-40(12)77)57(96-62-58(88-38(10)75)55(86-36(8)73)47(28-82-62)83-33(5)70)54(49(92-63)27-81-32(4)69)95-64-59(89-39(11)76)56(87-37(9)74)53(85-35(7)72)48(93-64)26-80-31(3)68/h17,43-60,62-64H,18-28H2,1-16H3. The van der Waals surface area contributed by atoms with E-state index in [-0.39, 0.29) is 36.5 Å². The van der Waals surface area contributed by atoms with Gasteiger partial charge in [-0.3, -0.25) is 52.7 Å². The summed E-state index contributed by atoms with van der Waals surface area (Å²) < 4.78 is 110. The van der Waals surface area contributed by atoms with Crippen molar-refractivity contribution < 1.29 is 143 Å². The minimum Gasteiger partial charge on any atom is -0.463 e. The molecule has 30 heteroatoms. The normalized spacial score (nSPS) is 37.4. The lowest BCUT2D eigenvalue weighted by atomic mass is 9.46. The summed E-state index contributed by atoms with van der Waals surface area (Å²) in [5.41, 5.74) is -0.0895. The quantitative estimate of drug-likeness (QED) is 0.0854. The molecule has 3 saturated heterocycles. The maximum atomic E-state index is 13.8. The summed E-state index contributed by atoms with van der Waals surface area (Å²) in [4.78, 5) is 156. The summed E-state index contributed by atoms with van der Waals surface area (Å²) in [7, 11) is 0. The molecule has 30 nitrogen and oxygen atoms in total. The van der Waals surface area contributed by atoms with E-state index < -0.39 is 212 Å². The van der Waals surface area contributed by atoms with Crippen LogP contribution < -0.4 is 0 Å². The molecule has 8 rings (SSSR count). The minimum atomic E-state index is -2.04. The number of cyclic esters (lactones) is 1. The zero-order chi connectivity index (χ0) is 71.5. The first-order valence-corrected chi connectivity index (χ1v) is 32.7. The van der Waals surface area contributed by atoms with E-state index in [4.69, 9.17) is 85.3 Å². The van der Waals surface area contributed by atoms with Crippen molar-refractivity contribution in [1.82, 2.24) is 0 Å². The van der Waals surface area contributed by atoms with Gasteiger partial charge in [-0.1, -0.05) is 31.1 Å². The maximum Gasteiger partial charge on any atom is 0.334 e. The van der Waals surface area contributed by atoms with Gasteiger partial charge in [-0.15, -0.1) is 0 Å². The van der Waals surface area contributed by atoms with Crippen LogP contribution in [-0.2, 0) is 143 Å². The molecule has 4 aliphatic carbocycles. The summed E-state index contributed by atoms with van der Waals surface area (Å²) in [6.07, 6.45) is -21.4. The minimum absolute atomic E-state index is 0.0182. The van der Waals surface area contributed by atoms with Crippen LogP contribution in [0.3, 0.4) is 0 Å². The zero-order valence-electron chi connectivity index (χ0n) is 57.7. The smallest absolute Gasteiger partial charge is 0.334 e. The summed E-state index contributed by atoms with van der Waals surface area (Å²) in [5, 5.41) is 0. The first-order valence-electron chi connectivity index (χ1n) is 32.7. The third-order valence-electron chi connectivity index (χ3n) is 20.3. The van der Waals surface area contributed by atoms with Gasteiger partial charge in [0.15, 0.2) is 61.6 Å². The highest BCUT2D eigenvalue weighted by Gasteiger charge is 2.67. The Kier molecular flexibility index (Phi) is 24.2. The Hall–Kier alpha value is -7.12. The van der Waals surface area contributed by atoms with Crippen LogP contribution in [0.2, 0.25) is 0 Å². The van der Waals surface area contributed by atoms with Crippen LogP contribution in [0.1, 0.15) is 162 Å². The van der Waals surface area contributed by atoms with E-state index in [1.807, 2.05) is 13.8 Å². The van der Waals surface area contributed by atoms with Crippen LogP contribution in [-0.4, -0.2) is 201 Å². The van der Waals surface area contributed by atoms with Gasteiger partial charge in [0.1, 0.15) is 55.4 Å². The molecule has 8 aliphatic rings. The Balaban J connectivity index is 1.21. The third kappa shape index (κ3) is 17.0. The third-order valence-corrected chi connectivity index (χ3v) is 20.3. The van der Waals surface area contributed by atoms with Crippen molar-refractivity contribution in [3.05, 3.63) is 22.8 Å². The van der Waals surface area contributed by atoms with E-state index >= 15 is 0 Å². The Morgan fingerprint density at radius 2 is 1.02 bits per heavy atom. The number of esters is 12. The number of carbonyl (C=O) groups is 12. The van der Waals surface area contributed by atoms with Gasteiger partial charge in [-0.25, -0.2) is 4.79 Å². The van der Waals surface area contributed by atoms with Crippen LogP contribution in [0.4, 0.5) is 0 Å². The summed E-state index contributed by atoms with van der Waals surface area (Å²) in [5.74, 6) is -10.0. The van der Waals surface area contributed by atoms with Gasteiger partial charge in [0.05, 0.1) is 12.7 Å². The number of fused-ring (bicyclic) bond motifs is 5. The van der Waals surface area contributed by atoms with Crippen molar-refractivity contribution >= 4 is 71.6 Å². The van der Waals surface area contributed by atoms with Gasteiger partial charge in [0.2, 0.25) is 0 Å². The Labute approximate surface area is 561 Å². The van der Waals surface area contributed by atoms with Gasteiger partial charge < -0.3 is 85.3 Å². The predicted molar refractivity (Wildman–Crippen MR) is 323 cm³/mol. The SMILES string of the molecule is CC(=O)OCC1OC(OC2C(COC(C)=O)OC(OC3CC4=CCC5C6CCC(C(C)(OC(C)=O)C7CC(C)=C(C)C(=O)O7)C6(C)CCC5C4(C)C(OC(C)=O)C3)C(OC(C)=O)C2OC2OCC(OC(C)=O)C(OC(C)=O)C2OC(C)=O)C(OC(C)=O)C(OC(C)=O)C1OC(C)=O. The van der Waals surface area contributed by atoms with Gasteiger partial charge in [0.25, 0.3) is 0 Å². The predicted octanol–water partition coefficient (Wildman–Crippen LogP) is 4.69. The largest absolute Gasteiger partial charge is 0.463 e. The molecule has 0 amide bonds. The Morgan fingerprint density at radius 3 is 1.56 bits per heavy atom. The van der Waals surface area contributed by atoms with Gasteiger partial charge in [-0.2, -0.15) is 0 Å². The molecular formula is C67H92O30. The van der Waals surface area contributed by atoms with Crippen molar-refractivity contribution in [2.45, 2.75) is 272 Å². The molecule has 24 unspecified atom stereocenters. The molecule has 0 N–H and O–H groups in total. The first kappa shape index (κ1) is 75.6. The number of hydrogen-bond acceptors (Lipinski definition) is 30. The molecule has 6 fully saturated rings. The summed E-state index contributed by atoms with van der Waals surface area (Å²) in [6, 6.07) is 0. The second kappa shape index (κ2) is 31.0. The molecule has 0 spiro atoms. The second-order valence-corrected chi connectivity index (χ2v) is 27.1. The molecular weight excluding hydrogens is 1280 g/mol. The molecule has 97 heavy (non-hydrogen) atoms. The highest BCUT2D eigenvalue weighted by molar-refractivity contribution is 5.89. The van der Waals surface area contributed by atoms with E-state index in [0.717, 1.165) is 79.9 Å². The van der Waals surface area contributed by atoms with Crippen LogP contribution >= 0.6 is 0 Å². The number of ether oxygens (including phenoxy) is 18. The second-order valence-electron chi connectivity index (χ2n) is 27.1. The average Bonchev–Trinajstić information content (AvgIpc) is 1.66. The van der Waals surface area contributed by atoms with Crippen LogP contribution in [0.15, 0.2) is 22.8 Å². The first-order chi connectivity index (χ1) is 45.4. The van der Waals surface area contributed by atoms with Gasteiger partial charge in [-0.05, 0) is 82.5 Å². The average molecular weight is 1380 g/mol. The number of rotatable bonds is 21. The van der Waals surface area contributed by atoms with E-state index in [2.05, 4.69) is 19.9 Å². The van der Waals surface area contributed by atoms with Crippen molar-refractivity contribution in [2.75, 3.05) is 19.8 Å². The van der Waals surface area contributed by atoms with E-state index in [1.54, 1.807) is 6.92 Å². The number of hydrogen-bond donors (Lipinski definition) is 0. The Morgan fingerprint density at radius 1 is 0.526 bits per heavy atom. The highest BCUT2D eigenvalue weighted by atomic mass is 16.8. The molecule has 0 aromatic carbocycles. The number of carbonyl (C=O) groups excluding carboxylic acids is 12. The van der Waals surface area contributed by atoms with Gasteiger partial charge >= 0.3 is 71.6 Å². The van der Waals surface area contributed by atoms with E-state index in [1.165, 1.54) is 13.8 Å². The maximum absolute atomic E-state index is 13.8. The number of allylic oxidation sites excluding steroid dienone is 1. The van der Waals surface area contributed by atoms with Crippen molar-refractivity contribution in [3.8, 4) is 0 Å². The summed E-state index contributed by atoms with van der Waals surface area (Å²) >= 11 is 0. The lowest BCUT2D eigenvalue weighted by molar-refractivity contribution is -0.386. The van der Waals surface area contributed by atoms with E-state index in [0.29, 0.717) is 37.7 Å². The van der Waals surface area contributed by atoms with Crippen LogP contribution in [0.25, 0.3) is 0 Å². The van der Waals surface area contributed by atoms with Crippen molar-refractivity contribution in [2.24, 2.45) is 34.5 Å². The van der Waals surface area contributed by atoms with E-state index in [9.17, 15) is 57.5 Å². The molecule has 0 bridgehead atoms. The monoisotopic (exact) mass is 1380 g/mol. The molecule has 3 saturated carbocycles. The van der Waals surface area contributed by atoms with Gasteiger partial charge in [0, 0.05) is 106 Å². The molecule has 24 atom stereocenters. The Bertz CT molecular complexity index is 3100. The fourth-order valence-electron chi connectivity index (χ4n) is 16.5. The highest BCUT2D eigenvalue weighted by Crippen LogP contribution is 2.69. The zero-order valence-corrected chi connectivity index (χ0v) is 57.7. The van der Waals surface area contributed by atoms with Crippen LogP contribution in [0, 0.1) is 34.5 Å². The van der Waals surface area contributed by atoms with Crippen molar-refractivity contribution in [1.29, 1.82) is 0 Å². The van der Waals surface area contributed by atoms with Crippen LogP contribution in [0.5, 0.6) is 0 Å². The summed E-state index contributed by atoms with van der Waals surface area (Å²) in [6.45, 7) is 19.8. The lowest BCUT2D eigenvalue weighted by Gasteiger charge is -2.61. The molecule has 0 aromatic rings. The molecule has 540 valence electrons. The molecule has 4 heterocycles. The molecule has 0 aromatic heterocycles. The van der Waals surface area contributed by atoms with Crippen molar-refractivity contribution in [3.63, 3.8) is 0 Å².